The van der Waals surface area contributed by atoms with Gasteiger partial charge in [0.25, 0.3) is 0 Å². The first-order valence-electron chi connectivity index (χ1n) is 8.32. The highest BCUT2D eigenvalue weighted by molar-refractivity contribution is 5.69. The second kappa shape index (κ2) is 6.80. The molecule has 0 bridgehead atoms. The molecule has 0 atom stereocenters. The lowest BCUT2D eigenvalue weighted by Gasteiger charge is -2.08. The molecule has 0 saturated carbocycles. The summed E-state index contributed by atoms with van der Waals surface area (Å²) >= 11 is 0. The fourth-order valence-corrected chi connectivity index (χ4v) is 2.80. The Labute approximate surface area is 151 Å². The van der Waals surface area contributed by atoms with Gasteiger partial charge >= 0.3 is 0 Å². The predicted octanol–water partition coefficient (Wildman–Crippen LogP) is 4.31. The summed E-state index contributed by atoms with van der Waals surface area (Å²) in [5.41, 5.74) is 5.85. The monoisotopic (exact) mass is 342 g/mol. The van der Waals surface area contributed by atoms with Gasteiger partial charge in [0.15, 0.2) is 0 Å². The van der Waals surface area contributed by atoms with Crippen LogP contribution in [0.4, 0.5) is 0 Å². The Balaban J connectivity index is 1.87. The van der Waals surface area contributed by atoms with Gasteiger partial charge in [-0.1, -0.05) is 17.7 Å². The lowest BCUT2D eigenvalue weighted by atomic mass is 10.1. The fraction of sp³-hybridized carbons (Fsp3) is 0.0952. The van der Waals surface area contributed by atoms with Crippen molar-refractivity contribution >= 4 is 0 Å². The average Bonchev–Trinajstić information content (AvgIpc) is 3.15. The summed E-state index contributed by atoms with van der Waals surface area (Å²) < 4.78 is 7.21. The number of benzene rings is 2. The van der Waals surface area contributed by atoms with Crippen LogP contribution in [0.3, 0.4) is 0 Å². The van der Waals surface area contributed by atoms with Gasteiger partial charge in [-0.15, -0.1) is 0 Å². The third-order valence-electron chi connectivity index (χ3n) is 4.22. The summed E-state index contributed by atoms with van der Waals surface area (Å²) in [7, 11) is 1.67. The summed E-state index contributed by atoms with van der Waals surface area (Å²) in [5, 5.41) is 4.79. The number of ether oxygens (including phenoxy) is 1. The second-order valence-electron chi connectivity index (χ2n) is 5.99. The first-order chi connectivity index (χ1) is 12.7. The molecule has 2 aromatic heterocycles. The van der Waals surface area contributed by atoms with E-state index in [1.165, 1.54) is 11.9 Å². The lowest BCUT2D eigenvalue weighted by Crippen LogP contribution is -1.99. The Hall–Kier alpha value is -3.47. The molecule has 0 N–H and O–H groups in total. The maximum Gasteiger partial charge on any atom is 0.118 e. The summed E-state index contributed by atoms with van der Waals surface area (Å²) in [6.45, 7) is 2.07. The standard InChI is InChI=1S/C21H18N4O/c1-15-3-7-17(8-4-15)25-21(16-5-9-18(26-2)10-6-16)13-20(24-25)19-11-12-22-14-23-19/h3-14H,1-2H3. The summed E-state index contributed by atoms with van der Waals surface area (Å²) in [6.07, 6.45) is 3.26. The van der Waals surface area contributed by atoms with Gasteiger partial charge in [-0.2, -0.15) is 5.10 Å². The van der Waals surface area contributed by atoms with Crippen molar-refractivity contribution < 1.29 is 4.74 Å². The van der Waals surface area contributed by atoms with Gasteiger partial charge in [0.1, 0.15) is 17.8 Å². The van der Waals surface area contributed by atoms with Crippen molar-refractivity contribution in [3.05, 3.63) is 78.8 Å². The van der Waals surface area contributed by atoms with Gasteiger partial charge in [0.2, 0.25) is 0 Å². The van der Waals surface area contributed by atoms with E-state index in [9.17, 15) is 0 Å². The van der Waals surface area contributed by atoms with E-state index in [0.29, 0.717) is 0 Å². The van der Waals surface area contributed by atoms with E-state index in [0.717, 1.165) is 34.1 Å². The number of aryl methyl sites for hydroxylation is 1. The zero-order valence-electron chi connectivity index (χ0n) is 14.6. The van der Waals surface area contributed by atoms with Crippen molar-refractivity contribution in [3.8, 4) is 34.1 Å². The molecule has 0 fully saturated rings. The first kappa shape index (κ1) is 16.0. The van der Waals surface area contributed by atoms with Crippen LogP contribution < -0.4 is 4.74 Å². The molecule has 0 radical (unpaired) electrons. The third-order valence-corrected chi connectivity index (χ3v) is 4.22. The molecular weight excluding hydrogens is 324 g/mol. The van der Waals surface area contributed by atoms with Crippen LogP contribution in [-0.2, 0) is 0 Å². The topological polar surface area (TPSA) is 52.8 Å². The van der Waals surface area contributed by atoms with Crippen LogP contribution in [0.2, 0.25) is 0 Å². The molecule has 0 aliphatic rings. The molecule has 128 valence electrons. The molecule has 0 amide bonds. The fourth-order valence-electron chi connectivity index (χ4n) is 2.80. The van der Waals surface area contributed by atoms with Crippen molar-refractivity contribution in [2.45, 2.75) is 6.92 Å². The molecule has 4 rings (SSSR count). The van der Waals surface area contributed by atoms with Crippen molar-refractivity contribution in [1.82, 2.24) is 19.7 Å². The average molecular weight is 342 g/mol. The maximum absolute atomic E-state index is 5.27. The van der Waals surface area contributed by atoms with Crippen LogP contribution in [0.5, 0.6) is 5.75 Å². The largest absolute Gasteiger partial charge is 0.497 e. The number of hydrogen-bond donors (Lipinski definition) is 0. The van der Waals surface area contributed by atoms with Crippen molar-refractivity contribution in [3.63, 3.8) is 0 Å². The summed E-state index contributed by atoms with van der Waals surface area (Å²) in [6, 6.07) is 20.2. The molecule has 0 spiro atoms. The number of nitrogens with zero attached hydrogens (tertiary/aromatic N) is 4. The van der Waals surface area contributed by atoms with E-state index in [4.69, 9.17) is 9.84 Å². The molecule has 0 unspecified atom stereocenters. The SMILES string of the molecule is COc1ccc(-c2cc(-c3ccncn3)nn2-c2ccc(C)cc2)cc1. The normalized spacial score (nSPS) is 10.7. The second-order valence-corrected chi connectivity index (χ2v) is 5.99. The van der Waals surface area contributed by atoms with E-state index in [-0.39, 0.29) is 0 Å². The molecule has 5 heteroatoms. The van der Waals surface area contributed by atoms with E-state index in [1.807, 2.05) is 41.1 Å². The van der Waals surface area contributed by atoms with Crippen LogP contribution in [0, 0.1) is 6.92 Å². The molecule has 4 aromatic rings. The summed E-state index contributed by atoms with van der Waals surface area (Å²) in [5.74, 6) is 0.825. The van der Waals surface area contributed by atoms with Gasteiger partial charge in [-0.25, -0.2) is 14.6 Å². The number of aromatic nitrogens is 4. The Morgan fingerprint density at radius 3 is 2.31 bits per heavy atom. The first-order valence-corrected chi connectivity index (χ1v) is 8.32. The summed E-state index contributed by atoms with van der Waals surface area (Å²) in [4.78, 5) is 8.31. The van der Waals surface area contributed by atoms with Crippen LogP contribution >= 0.6 is 0 Å². The Kier molecular flexibility index (Phi) is 4.19. The van der Waals surface area contributed by atoms with Crippen LogP contribution in [-0.4, -0.2) is 26.9 Å². The zero-order chi connectivity index (χ0) is 17.9. The van der Waals surface area contributed by atoms with Crippen LogP contribution in [0.25, 0.3) is 28.3 Å². The maximum atomic E-state index is 5.27. The van der Waals surface area contributed by atoms with Gasteiger partial charge in [-0.3, -0.25) is 0 Å². The highest BCUT2D eigenvalue weighted by Gasteiger charge is 2.14. The molecule has 0 aliphatic heterocycles. The quantitative estimate of drug-likeness (QED) is 0.554. The number of rotatable bonds is 4. The minimum absolute atomic E-state index is 0.792. The van der Waals surface area contributed by atoms with E-state index < -0.39 is 0 Å². The molecule has 2 aromatic carbocycles. The molecule has 26 heavy (non-hydrogen) atoms. The van der Waals surface area contributed by atoms with Crippen molar-refractivity contribution in [2.24, 2.45) is 0 Å². The molecule has 5 nitrogen and oxygen atoms in total. The minimum atomic E-state index is 0.792. The molecule has 0 aliphatic carbocycles. The van der Waals surface area contributed by atoms with Crippen molar-refractivity contribution in [1.29, 1.82) is 0 Å². The number of methoxy groups -OCH3 is 1. The Morgan fingerprint density at radius 2 is 1.65 bits per heavy atom. The van der Waals surface area contributed by atoms with Crippen LogP contribution in [0.1, 0.15) is 5.56 Å². The van der Waals surface area contributed by atoms with Crippen LogP contribution in [0.15, 0.2) is 73.2 Å². The van der Waals surface area contributed by atoms with Crippen molar-refractivity contribution in [2.75, 3.05) is 7.11 Å². The Morgan fingerprint density at radius 1 is 0.885 bits per heavy atom. The van der Waals surface area contributed by atoms with E-state index in [1.54, 1.807) is 13.3 Å². The zero-order valence-corrected chi connectivity index (χ0v) is 14.6. The van der Waals surface area contributed by atoms with E-state index in [2.05, 4.69) is 41.2 Å². The highest BCUT2D eigenvalue weighted by Crippen LogP contribution is 2.29. The van der Waals surface area contributed by atoms with Gasteiger partial charge in [0, 0.05) is 11.8 Å². The Bertz CT molecular complexity index is 1010. The smallest absolute Gasteiger partial charge is 0.118 e. The highest BCUT2D eigenvalue weighted by atomic mass is 16.5. The molecule has 0 saturated heterocycles. The number of hydrogen-bond acceptors (Lipinski definition) is 4. The molecule has 2 heterocycles. The lowest BCUT2D eigenvalue weighted by molar-refractivity contribution is 0.415. The van der Waals surface area contributed by atoms with E-state index >= 15 is 0 Å². The van der Waals surface area contributed by atoms with Gasteiger partial charge in [0.05, 0.1) is 24.2 Å². The minimum Gasteiger partial charge on any atom is -0.497 e. The molecular formula is C21H18N4O. The third kappa shape index (κ3) is 3.07. The van der Waals surface area contributed by atoms with Gasteiger partial charge in [-0.05, 0) is 55.5 Å². The predicted molar refractivity (Wildman–Crippen MR) is 101 cm³/mol. The van der Waals surface area contributed by atoms with Gasteiger partial charge < -0.3 is 4.74 Å².